The second kappa shape index (κ2) is 7.84. The third-order valence-corrected chi connectivity index (χ3v) is 4.40. The Morgan fingerprint density at radius 1 is 1.35 bits per heavy atom. The fourth-order valence-electron chi connectivity index (χ4n) is 3.14. The molecule has 0 unspecified atom stereocenters. The van der Waals surface area contributed by atoms with Gasteiger partial charge in [0.2, 0.25) is 0 Å². The molecule has 0 aromatic carbocycles. The first-order chi connectivity index (χ1) is 10.9. The van der Waals surface area contributed by atoms with Gasteiger partial charge in [-0.2, -0.15) is 0 Å². The number of piperidine rings is 1. The fraction of sp³-hybridized carbons (Fsp3) is 0.778. The first-order valence-electron chi connectivity index (χ1n) is 8.87. The molecule has 5 heteroatoms. The average molecular weight is 321 g/mol. The monoisotopic (exact) mass is 321 g/mol. The lowest BCUT2D eigenvalue weighted by atomic mass is 9.92. The first kappa shape index (κ1) is 17.8. The largest absolute Gasteiger partial charge is 0.444 e. The molecule has 0 bridgehead atoms. The molecule has 0 aliphatic carbocycles. The molecule has 0 atom stereocenters. The molecule has 1 saturated heterocycles. The Morgan fingerprint density at radius 2 is 2.04 bits per heavy atom. The lowest BCUT2D eigenvalue weighted by molar-refractivity contribution is 0.0180. The van der Waals surface area contributed by atoms with Gasteiger partial charge in [-0.25, -0.2) is 9.78 Å². The molecule has 5 nitrogen and oxygen atoms in total. The van der Waals surface area contributed by atoms with Crippen LogP contribution in [0.5, 0.6) is 0 Å². The van der Waals surface area contributed by atoms with E-state index in [2.05, 4.69) is 22.7 Å². The second-order valence-corrected chi connectivity index (χ2v) is 7.44. The summed E-state index contributed by atoms with van der Waals surface area (Å²) in [5, 5.41) is 0. The lowest BCUT2D eigenvalue weighted by Crippen LogP contribution is -2.41. The van der Waals surface area contributed by atoms with Gasteiger partial charge in [0.15, 0.2) is 0 Å². The molecule has 1 aromatic rings. The highest BCUT2D eigenvalue weighted by Crippen LogP contribution is 2.23. The zero-order valence-electron chi connectivity index (χ0n) is 15.0. The number of aryl methyl sites for hydroxylation is 2. The third-order valence-electron chi connectivity index (χ3n) is 4.40. The van der Waals surface area contributed by atoms with Crippen molar-refractivity contribution < 1.29 is 9.53 Å². The van der Waals surface area contributed by atoms with Crippen LogP contribution < -0.4 is 0 Å². The Labute approximate surface area is 140 Å². The highest BCUT2D eigenvalue weighted by molar-refractivity contribution is 5.68. The summed E-state index contributed by atoms with van der Waals surface area (Å²) < 4.78 is 7.70. The topological polar surface area (TPSA) is 47.4 Å². The minimum Gasteiger partial charge on any atom is -0.444 e. The summed E-state index contributed by atoms with van der Waals surface area (Å²) in [7, 11) is 0. The third kappa shape index (κ3) is 5.56. The molecule has 1 aliphatic rings. The van der Waals surface area contributed by atoms with Gasteiger partial charge < -0.3 is 14.2 Å². The van der Waals surface area contributed by atoms with Crippen LogP contribution in [0.3, 0.4) is 0 Å². The summed E-state index contributed by atoms with van der Waals surface area (Å²) in [6.45, 7) is 10.6. The minimum atomic E-state index is -0.407. The van der Waals surface area contributed by atoms with E-state index in [0.717, 1.165) is 44.8 Å². The number of imidazole rings is 1. The summed E-state index contributed by atoms with van der Waals surface area (Å²) in [5.74, 6) is 1.90. The van der Waals surface area contributed by atoms with E-state index in [1.54, 1.807) is 0 Å². The minimum absolute atomic E-state index is 0.165. The molecule has 2 heterocycles. The molecule has 1 amide bonds. The number of likely N-dealkylation sites (tertiary alicyclic amines) is 1. The molecule has 0 saturated carbocycles. The van der Waals surface area contributed by atoms with E-state index < -0.39 is 5.60 Å². The lowest BCUT2D eigenvalue weighted by Gasteiger charge is -2.33. The summed E-state index contributed by atoms with van der Waals surface area (Å²) in [5.41, 5.74) is -0.407. The molecule has 0 spiro atoms. The zero-order chi connectivity index (χ0) is 16.9. The molecule has 0 N–H and O–H groups in total. The number of carbonyl (C=O) groups excluding carboxylic acids is 1. The highest BCUT2D eigenvalue weighted by Gasteiger charge is 2.26. The molecule has 0 radical (unpaired) electrons. The number of ether oxygens (including phenoxy) is 1. The molecule has 130 valence electrons. The molecule has 1 aliphatic heterocycles. The second-order valence-electron chi connectivity index (χ2n) is 7.44. The van der Waals surface area contributed by atoms with Crippen molar-refractivity contribution in [2.75, 3.05) is 13.1 Å². The van der Waals surface area contributed by atoms with Crippen LogP contribution in [0.4, 0.5) is 4.79 Å². The number of hydrogen-bond donors (Lipinski definition) is 0. The van der Waals surface area contributed by atoms with Gasteiger partial charge in [0.05, 0.1) is 0 Å². The van der Waals surface area contributed by atoms with Crippen LogP contribution in [0.2, 0.25) is 0 Å². The first-order valence-corrected chi connectivity index (χ1v) is 8.87. The van der Waals surface area contributed by atoms with Crippen molar-refractivity contribution >= 4 is 6.09 Å². The Balaban J connectivity index is 1.68. The Hall–Kier alpha value is -1.52. The smallest absolute Gasteiger partial charge is 0.410 e. The van der Waals surface area contributed by atoms with E-state index >= 15 is 0 Å². The quantitative estimate of drug-likeness (QED) is 0.827. The number of carbonyl (C=O) groups is 1. The normalized spacial score (nSPS) is 16.6. The van der Waals surface area contributed by atoms with Crippen LogP contribution >= 0.6 is 0 Å². The fourth-order valence-corrected chi connectivity index (χ4v) is 3.14. The molecule has 2 rings (SSSR count). The van der Waals surface area contributed by atoms with Crippen LogP contribution in [0.1, 0.15) is 59.2 Å². The van der Waals surface area contributed by atoms with Gasteiger partial charge in [-0.3, -0.25) is 0 Å². The Kier molecular flexibility index (Phi) is 6.08. The zero-order valence-corrected chi connectivity index (χ0v) is 15.0. The van der Waals surface area contributed by atoms with Crippen LogP contribution in [0, 0.1) is 5.92 Å². The number of aromatic nitrogens is 2. The van der Waals surface area contributed by atoms with Gasteiger partial charge in [-0.1, -0.05) is 6.92 Å². The highest BCUT2D eigenvalue weighted by atomic mass is 16.6. The molecular formula is C18H31N3O2. The average Bonchev–Trinajstić information content (AvgIpc) is 2.93. The van der Waals surface area contributed by atoms with E-state index in [4.69, 9.17) is 4.74 Å². The number of rotatable bonds is 5. The van der Waals surface area contributed by atoms with Crippen LogP contribution in [-0.2, 0) is 17.7 Å². The maximum atomic E-state index is 12.1. The summed E-state index contributed by atoms with van der Waals surface area (Å²) in [4.78, 5) is 18.3. The summed E-state index contributed by atoms with van der Waals surface area (Å²) in [6.07, 6.45) is 9.36. The molecule has 1 fully saturated rings. The van der Waals surface area contributed by atoms with Crippen molar-refractivity contribution in [1.29, 1.82) is 0 Å². The van der Waals surface area contributed by atoms with Crippen molar-refractivity contribution in [2.24, 2.45) is 5.92 Å². The van der Waals surface area contributed by atoms with Crippen molar-refractivity contribution in [3.63, 3.8) is 0 Å². The predicted octanol–water partition coefficient (Wildman–Crippen LogP) is 3.87. The van der Waals surface area contributed by atoms with E-state index in [1.807, 2.05) is 31.9 Å². The van der Waals surface area contributed by atoms with E-state index in [9.17, 15) is 4.79 Å². The van der Waals surface area contributed by atoms with Crippen molar-refractivity contribution in [2.45, 2.75) is 71.9 Å². The van der Waals surface area contributed by atoms with Gasteiger partial charge >= 0.3 is 6.09 Å². The number of amides is 1. The Bertz CT molecular complexity index is 497. The maximum absolute atomic E-state index is 12.1. The SMILES string of the molecule is CCc1nccn1CCCC1CCN(C(=O)OC(C)(C)C)CC1. The summed E-state index contributed by atoms with van der Waals surface area (Å²) >= 11 is 0. The number of nitrogens with zero attached hydrogens (tertiary/aromatic N) is 3. The van der Waals surface area contributed by atoms with Crippen LogP contribution in [0.25, 0.3) is 0 Å². The Morgan fingerprint density at radius 3 is 2.65 bits per heavy atom. The molecule has 1 aromatic heterocycles. The van der Waals surface area contributed by atoms with E-state index in [-0.39, 0.29) is 6.09 Å². The van der Waals surface area contributed by atoms with Crippen LogP contribution in [-0.4, -0.2) is 39.2 Å². The van der Waals surface area contributed by atoms with Crippen LogP contribution in [0.15, 0.2) is 12.4 Å². The molecule has 23 heavy (non-hydrogen) atoms. The predicted molar refractivity (Wildman–Crippen MR) is 91.4 cm³/mol. The van der Waals surface area contributed by atoms with Gasteiger partial charge in [0, 0.05) is 38.4 Å². The van der Waals surface area contributed by atoms with Crippen molar-refractivity contribution in [3.8, 4) is 0 Å². The maximum Gasteiger partial charge on any atom is 0.410 e. The van der Waals surface area contributed by atoms with E-state index in [0.29, 0.717) is 0 Å². The van der Waals surface area contributed by atoms with Crippen molar-refractivity contribution in [1.82, 2.24) is 14.5 Å². The standard InChI is InChI=1S/C18H31N3O2/c1-5-16-19-10-14-20(16)11-6-7-15-8-12-21(13-9-15)17(22)23-18(2,3)4/h10,14-15H,5-9,11-13H2,1-4H3. The number of hydrogen-bond acceptors (Lipinski definition) is 3. The van der Waals surface area contributed by atoms with Crippen molar-refractivity contribution in [3.05, 3.63) is 18.2 Å². The summed E-state index contributed by atoms with van der Waals surface area (Å²) in [6, 6.07) is 0. The molecular weight excluding hydrogens is 290 g/mol. The van der Waals surface area contributed by atoms with Gasteiger partial charge in [0.25, 0.3) is 0 Å². The van der Waals surface area contributed by atoms with E-state index in [1.165, 1.54) is 18.7 Å². The van der Waals surface area contributed by atoms with Gasteiger partial charge in [-0.05, 0) is 52.4 Å². The van der Waals surface area contributed by atoms with Gasteiger partial charge in [-0.15, -0.1) is 0 Å². The van der Waals surface area contributed by atoms with Gasteiger partial charge in [0.1, 0.15) is 11.4 Å².